The lowest BCUT2D eigenvalue weighted by Crippen LogP contribution is -2.52. The maximum Gasteiger partial charge on any atom is 0.261 e. The molecule has 0 saturated carbocycles. The van der Waals surface area contributed by atoms with Gasteiger partial charge < -0.3 is 15.5 Å². The van der Waals surface area contributed by atoms with Crippen LogP contribution in [0.15, 0.2) is 18.2 Å². The molecule has 3 N–H and O–H groups in total. The Balaban J connectivity index is 1.36. The zero-order valence-electron chi connectivity index (χ0n) is 16.0. The van der Waals surface area contributed by atoms with Crippen molar-refractivity contribution in [3.8, 4) is 0 Å². The third kappa shape index (κ3) is 4.16. The number of alkyl halides is 2. The molecule has 29 heavy (non-hydrogen) atoms. The van der Waals surface area contributed by atoms with Crippen LogP contribution in [0.3, 0.4) is 0 Å². The zero-order valence-corrected chi connectivity index (χ0v) is 16.0. The Morgan fingerprint density at radius 1 is 1.24 bits per heavy atom. The van der Waals surface area contributed by atoms with Crippen LogP contribution in [-0.4, -0.2) is 53.7 Å². The molecular weight excluding hydrogens is 382 g/mol. The van der Waals surface area contributed by atoms with Crippen molar-refractivity contribution in [2.75, 3.05) is 13.1 Å². The monoisotopic (exact) mass is 406 g/mol. The van der Waals surface area contributed by atoms with Gasteiger partial charge in [-0.05, 0) is 36.6 Å². The highest BCUT2D eigenvalue weighted by Crippen LogP contribution is 2.30. The molecule has 0 radical (unpaired) electrons. The van der Waals surface area contributed by atoms with Gasteiger partial charge in [-0.25, -0.2) is 8.78 Å². The van der Waals surface area contributed by atoms with Gasteiger partial charge in [-0.2, -0.15) is 0 Å². The number of halogens is 2. The number of hydrogen-bond acceptors (Lipinski definition) is 5. The quantitative estimate of drug-likeness (QED) is 0.483. The fourth-order valence-corrected chi connectivity index (χ4v) is 4.32. The number of amides is 3. The van der Waals surface area contributed by atoms with Gasteiger partial charge in [0, 0.05) is 37.5 Å². The molecule has 3 heterocycles. The number of hydrogen-bond donors (Lipinski definition) is 3. The number of benzene rings is 1. The Hall–Kier alpha value is -2.39. The molecule has 0 aliphatic carbocycles. The summed E-state index contributed by atoms with van der Waals surface area (Å²) in [6.07, 6.45) is 1.02. The molecule has 1 aromatic rings. The summed E-state index contributed by atoms with van der Waals surface area (Å²) in [4.78, 5) is 37.9. The molecule has 3 aliphatic heterocycles. The first-order valence-corrected chi connectivity index (χ1v) is 9.91. The standard InChI is InChI=1S/C20H24F2N4O3/c21-20(22)8-13(24-11-20)6-7-23-9-12-2-1-3-14-15(12)10-26(19(14)29)16-4-5-17(27)25-18(16)28/h1-3,13,16,23-24H,4-11H2,(H,25,27,28). The lowest BCUT2D eigenvalue weighted by molar-refractivity contribution is -0.136. The van der Waals surface area contributed by atoms with Crippen LogP contribution in [0.1, 0.15) is 47.2 Å². The second-order valence-corrected chi connectivity index (χ2v) is 7.95. The van der Waals surface area contributed by atoms with Crippen LogP contribution in [0.5, 0.6) is 0 Å². The van der Waals surface area contributed by atoms with E-state index < -0.39 is 17.9 Å². The van der Waals surface area contributed by atoms with Crippen LogP contribution >= 0.6 is 0 Å². The lowest BCUT2D eigenvalue weighted by Gasteiger charge is -2.29. The summed E-state index contributed by atoms with van der Waals surface area (Å²) in [5, 5.41) is 8.41. The van der Waals surface area contributed by atoms with E-state index in [2.05, 4.69) is 16.0 Å². The predicted octanol–water partition coefficient (Wildman–Crippen LogP) is 0.924. The molecule has 0 bridgehead atoms. The van der Waals surface area contributed by atoms with Crippen molar-refractivity contribution < 1.29 is 23.2 Å². The number of nitrogens with one attached hydrogen (secondary N) is 3. The Morgan fingerprint density at radius 3 is 2.79 bits per heavy atom. The van der Waals surface area contributed by atoms with Gasteiger partial charge in [0.25, 0.3) is 11.8 Å². The van der Waals surface area contributed by atoms with Crippen molar-refractivity contribution in [2.24, 2.45) is 0 Å². The number of carbonyl (C=O) groups excluding carboxylic acids is 3. The number of piperidine rings is 1. The highest BCUT2D eigenvalue weighted by Gasteiger charge is 2.40. The summed E-state index contributed by atoms with van der Waals surface area (Å²) < 4.78 is 26.5. The summed E-state index contributed by atoms with van der Waals surface area (Å²) in [5.74, 6) is -3.56. The Morgan fingerprint density at radius 2 is 2.07 bits per heavy atom. The smallest absolute Gasteiger partial charge is 0.261 e. The highest BCUT2D eigenvalue weighted by molar-refractivity contribution is 6.05. The maximum absolute atomic E-state index is 13.2. The zero-order chi connectivity index (χ0) is 20.6. The normalized spacial score (nSPS) is 26.0. The van der Waals surface area contributed by atoms with Crippen LogP contribution in [0.4, 0.5) is 8.78 Å². The molecule has 156 valence electrons. The molecular formula is C20H24F2N4O3. The van der Waals surface area contributed by atoms with E-state index in [9.17, 15) is 23.2 Å². The highest BCUT2D eigenvalue weighted by atomic mass is 19.3. The van der Waals surface area contributed by atoms with E-state index >= 15 is 0 Å². The Labute approximate surface area is 167 Å². The minimum Gasteiger partial charge on any atom is -0.322 e. The first-order chi connectivity index (χ1) is 13.8. The van der Waals surface area contributed by atoms with E-state index in [1.807, 2.05) is 6.07 Å². The van der Waals surface area contributed by atoms with E-state index in [4.69, 9.17) is 0 Å². The number of imide groups is 1. The molecule has 3 aliphatic rings. The summed E-state index contributed by atoms with van der Waals surface area (Å²) in [6.45, 7) is 1.17. The van der Waals surface area contributed by atoms with Crippen LogP contribution in [0.25, 0.3) is 0 Å². The summed E-state index contributed by atoms with van der Waals surface area (Å²) >= 11 is 0. The van der Waals surface area contributed by atoms with Crippen LogP contribution in [0.2, 0.25) is 0 Å². The molecule has 7 nitrogen and oxygen atoms in total. The molecule has 3 amide bonds. The molecule has 0 aromatic heterocycles. The number of rotatable bonds is 6. The predicted molar refractivity (Wildman–Crippen MR) is 100 cm³/mol. The van der Waals surface area contributed by atoms with E-state index in [1.54, 1.807) is 12.1 Å². The topological polar surface area (TPSA) is 90.5 Å². The van der Waals surface area contributed by atoms with Gasteiger partial charge in [0.15, 0.2) is 0 Å². The van der Waals surface area contributed by atoms with E-state index in [1.165, 1.54) is 4.90 Å². The maximum atomic E-state index is 13.2. The molecule has 9 heteroatoms. The van der Waals surface area contributed by atoms with Gasteiger partial charge in [0.1, 0.15) is 6.04 Å². The molecule has 0 spiro atoms. The van der Waals surface area contributed by atoms with Crippen LogP contribution in [-0.2, 0) is 22.7 Å². The van der Waals surface area contributed by atoms with Crippen molar-refractivity contribution in [3.63, 3.8) is 0 Å². The van der Waals surface area contributed by atoms with Crippen molar-refractivity contribution >= 4 is 17.7 Å². The molecule has 1 aromatic carbocycles. The minimum absolute atomic E-state index is 0.134. The molecule has 4 rings (SSSR count). The Kier molecular flexibility index (Phi) is 5.35. The third-order valence-electron chi connectivity index (χ3n) is 5.86. The largest absolute Gasteiger partial charge is 0.322 e. The average molecular weight is 406 g/mol. The van der Waals surface area contributed by atoms with Gasteiger partial charge in [0.05, 0.1) is 6.54 Å². The van der Waals surface area contributed by atoms with Gasteiger partial charge in [-0.15, -0.1) is 0 Å². The second-order valence-electron chi connectivity index (χ2n) is 7.95. The number of fused-ring (bicyclic) bond motifs is 1. The minimum atomic E-state index is -2.62. The van der Waals surface area contributed by atoms with Crippen molar-refractivity contribution in [1.82, 2.24) is 20.9 Å². The molecule has 2 atom stereocenters. The summed E-state index contributed by atoms with van der Waals surface area (Å²) in [7, 11) is 0. The van der Waals surface area contributed by atoms with E-state index in [0.29, 0.717) is 38.0 Å². The average Bonchev–Trinajstić information content (AvgIpc) is 3.19. The lowest BCUT2D eigenvalue weighted by atomic mass is 10.0. The van der Waals surface area contributed by atoms with Crippen molar-refractivity contribution in [1.29, 1.82) is 0 Å². The van der Waals surface area contributed by atoms with E-state index in [-0.39, 0.29) is 37.2 Å². The summed E-state index contributed by atoms with van der Waals surface area (Å²) in [5.41, 5.74) is 2.40. The fraction of sp³-hybridized carbons (Fsp3) is 0.550. The molecule has 2 unspecified atom stereocenters. The second kappa shape index (κ2) is 7.79. The van der Waals surface area contributed by atoms with Crippen LogP contribution < -0.4 is 16.0 Å². The SMILES string of the molecule is O=C1CCC(N2Cc3c(CNCCC4CC(F)(F)CN4)cccc3C2=O)C(=O)N1. The third-order valence-corrected chi connectivity index (χ3v) is 5.86. The van der Waals surface area contributed by atoms with Gasteiger partial charge in [-0.1, -0.05) is 12.1 Å². The fourth-order valence-electron chi connectivity index (χ4n) is 4.32. The molecule has 2 fully saturated rings. The first kappa shape index (κ1) is 19.9. The Bertz CT molecular complexity index is 845. The van der Waals surface area contributed by atoms with E-state index in [0.717, 1.165) is 11.1 Å². The van der Waals surface area contributed by atoms with Crippen molar-refractivity contribution in [3.05, 3.63) is 34.9 Å². The van der Waals surface area contributed by atoms with Gasteiger partial charge in [-0.3, -0.25) is 19.7 Å². The van der Waals surface area contributed by atoms with Gasteiger partial charge in [0.2, 0.25) is 11.8 Å². The van der Waals surface area contributed by atoms with Gasteiger partial charge >= 0.3 is 0 Å². The summed E-state index contributed by atoms with van der Waals surface area (Å²) in [6, 6.07) is 4.65. The van der Waals surface area contributed by atoms with Crippen LogP contribution in [0, 0.1) is 0 Å². The number of nitrogens with zero attached hydrogens (tertiary/aromatic N) is 1. The molecule has 2 saturated heterocycles. The number of carbonyl (C=O) groups is 3. The van der Waals surface area contributed by atoms with Crippen molar-refractivity contribution in [2.45, 2.75) is 56.8 Å². The first-order valence-electron chi connectivity index (χ1n) is 9.91.